The van der Waals surface area contributed by atoms with Crippen LogP contribution in [0.3, 0.4) is 0 Å². The summed E-state index contributed by atoms with van der Waals surface area (Å²) < 4.78 is 6.07. The molecule has 1 fully saturated rings. The van der Waals surface area contributed by atoms with Crippen molar-refractivity contribution in [1.29, 1.82) is 0 Å². The molecule has 0 bridgehead atoms. The number of carbonyl (C=O) groups excluding carboxylic acids is 1. The Hall–Kier alpha value is -2.63. The number of carbonyl (C=O) groups is 1. The second kappa shape index (κ2) is 7.51. The van der Waals surface area contributed by atoms with Crippen molar-refractivity contribution < 1.29 is 9.53 Å². The van der Waals surface area contributed by atoms with Crippen molar-refractivity contribution >= 4 is 11.7 Å². The molecule has 1 atom stereocenters. The average molecular weight is 340 g/mol. The van der Waals surface area contributed by atoms with Crippen LogP contribution in [0.4, 0.5) is 5.82 Å². The predicted octanol–water partition coefficient (Wildman–Crippen LogP) is 2.53. The van der Waals surface area contributed by atoms with Gasteiger partial charge in [-0.15, -0.1) is 0 Å². The fourth-order valence-electron chi connectivity index (χ4n) is 2.96. The molecule has 6 nitrogen and oxygen atoms in total. The number of aryl methyl sites for hydroxylation is 1. The first-order chi connectivity index (χ1) is 12.0. The van der Waals surface area contributed by atoms with E-state index in [0.29, 0.717) is 18.2 Å². The van der Waals surface area contributed by atoms with Gasteiger partial charge < -0.3 is 14.5 Å². The van der Waals surface area contributed by atoms with E-state index in [2.05, 4.69) is 9.97 Å². The molecule has 0 saturated carbocycles. The molecular formula is C19H24N4O2. The van der Waals surface area contributed by atoms with Crippen LogP contribution < -0.4 is 9.64 Å². The van der Waals surface area contributed by atoms with E-state index in [1.807, 2.05) is 55.1 Å². The lowest BCUT2D eigenvalue weighted by Gasteiger charge is -2.33. The zero-order valence-electron chi connectivity index (χ0n) is 15.0. The van der Waals surface area contributed by atoms with Crippen molar-refractivity contribution in [2.45, 2.75) is 25.9 Å². The highest BCUT2D eigenvalue weighted by Crippen LogP contribution is 2.24. The van der Waals surface area contributed by atoms with Gasteiger partial charge in [0.2, 0.25) is 0 Å². The maximum Gasteiger partial charge on any atom is 0.257 e. The minimum Gasteiger partial charge on any atom is -0.470 e. The molecule has 25 heavy (non-hydrogen) atoms. The molecule has 1 amide bonds. The fraction of sp³-hybridized carbons (Fsp3) is 0.421. The molecule has 1 aromatic carbocycles. The molecule has 132 valence electrons. The van der Waals surface area contributed by atoms with Crippen LogP contribution in [0.15, 0.2) is 36.7 Å². The smallest absolute Gasteiger partial charge is 0.257 e. The Morgan fingerprint density at radius 1 is 1.20 bits per heavy atom. The van der Waals surface area contributed by atoms with Gasteiger partial charge >= 0.3 is 0 Å². The SMILES string of the molecule is Cc1ccc(C(=O)N2CCCC(Oc3nccnc3N(C)C)C2)cc1. The van der Waals surface area contributed by atoms with E-state index < -0.39 is 0 Å². The Balaban J connectivity index is 1.69. The van der Waals surface area contributed by atoms with E-state index in [-0.39, 0.29) is 12.0 Å². The van der Waals surface area contributed by atoms with E-state index in [0.717, 1.165) is 30.5 Å². The Labute approximate surface area is 148 Å². The lowest BCUT2D eigenvalue weighted by molar-refractivity contribution is 0.0528. The van der Waals surface area contributed by atoms with E-state index in [4.69, 9.17) is 4.74 Å². The number of ether oxygens (including phenoxy) is 1. The van der Waals surface area contributed by atoms with Gasteiger partial charge in [-0.25, -0.2) is 9.97 Å². The first-order valence-electron chi connectivity index (χ1n) is 8.55. The summed E-state index contributed by atoms with van der Waals surface area (Å²) in [6.45, 7) is 3.34. The van der Waals surface area contributed by atoms with Crippen LogP contribution in [-0.4, -0.2) is 54.1 Å². The molecule has 6 heteroatoms. The number of nitrogens with zero attached hydrogens (tertiary/aromatic N) is 4. The largest absolute Gasteiger partial charge is 0.470 e. The first kappa shape index (κ1) is 17.2. The Morgan fingerprint density at radius 3 is 2.64 bits per heavy atom. The van der Waals surface area contributed by atoms with Gasteiger partial charge in [-0.2, -0.15) is 0 Å². The second-order valence-corrected chi connectivity index (χ2v) is 6.58. The van der Waals surface area contributed by atoms with Gasteiger partial charge in [-0.05, 0) is 31.9 Å². The van der Waals surface area contributed by atoms with E-state index in [1.54, 1.807) is 12.4 Å². The van der Waals surface area contributed by atoms with Gasteiger partial charge in [0.15, 0.2) is 5.82 Å². The number of piperidine rings is 1. The standard InChI is InChI=1S/C19H24N4O2/c1-14-6-8-15(9-7-14)19(24)23-12-4-5-16(13-23)25-18-17(22(2)3)20-10-11-21-18/h6-11,16H,4-5,12-13H2,1-3H3. The lowest BCUT2D eigenvalue weighted by atomic mass is 10.1. The summed E-state index contributed by atoms with van der Waals surface area (Å²) in [5, 5.41) is 0. The molecule has 2 aromatic rings. The highest BCUT2D eigenvalue weighted by molar-refractivity contribution is 5.94. The summed E-state index contributed by atoms with van der Waals surface area (Å²) in [4.78, 5) is 25.1. The van der Waals surface area contributed by atoms with E-state index in [9.17, 15) is 4.79 Å². The molecule has 1 unspecified atom stereocenters. The third-order valence-corrected chi connectivity index (χ3v) is 4.31. The van der Waals surface area contributed by atoms with Crippen molar-refractivity contribution in [3.8, 4) is 5.88 Å². The quantitative estimate of drug-likeness (QED) is 0.856. The highest BCUT2D eigenvalue weighted by Gasteiger charge is 2.27. The summed E-state index contributed by atoms with van der Waals surface area (Å²) in [5.41, 5.74) is 1.87. The summed E-state index contributed by atoms with van der Waals surface area (Å²) in [5.74, 6) is 1.27. The van der Waals surface area contributed by atoms with Crippen molar-refractivity contribution in [3.63, 3.8) is 0 Å². The minimum absolute atomic E-state index is 0.0558. The number of benzene rings is 1. The number of amides is 1. The number of hydrogen-bond donors (Lipinski definition) is 0. The Morgan fingerprint density at radius 2 is 1.92 bits per heavy atom. The van der Waals surface area contributed by atoms with Gasteiger partial charge in [0, 0.05) is 38.6 Å². The monoisotopic (exact) mass is 340 g/mol. The van der Waals surface area contributed by atoms with E-state index >= 15 is 0 Å². The number of likely N-dealkylation sites (tertiary alicyclic amines) is 1. The molecule has 1 aliphatic rings. The maximum atomic E-state index is 12.7. The van der Waals surface area contributed by atoms with Crippen molar-refractivity contribution in [1.82, 2.24) is 14.9 Å². The van der Waals surface area contributed by atoms with Crippen LogP contribution in [-0.2, 0) is 0 Å². The predicted molar refractivity (Wildman–Crippen MR) is 97.1 cm³/mol. The van der Waals surface area contributed by atoms with Gasteiger partial charge in [0.1, 0.15) is 6.10 Å². The number of aromatic nitrogens is 2. The molecule has 3 rings (SSSR count). The normalized spacial score (nSPS) is 17.2. The minimum atomic E-state index is -0.0708. The molecule has 0 spiro atoms. The number of rotatable bonds is 4. The molecule has 0 radical (unpaired) electrons. The van der Waals surface area contributed by atoms with E-state index in [1.165, 1.54) is 0 Å². The number of anilines is 1. The highest BCUT2D eigenvalue weighted by atomic mass is 16.5. The van der Waals surface area contributed by atoms with Crippen LogP contribution in [0.5, 0.6) is 5.88 Å². The summed E-state index contributed by atoms with van der Waals surface area (Å²) in [6.07, 6.45) is 5.02. The van der Waals surface area contributed by atoms with Crippen molar-refractivity contribution in [3.05, 3.63) is 47.8 Å². The number of hydrogen-bond acceptors (Lipinski definition) is 5. The zero-order chi connectivity index (χ0) is 17.8. The van der Waals surface area contributed by atoms with Crippen LogP contribution in [0.2, 0.25) is 0 Å². The summed E-state index contributed by atoms with van der Waals surface area (Å²) >= 11 is 0. The van der Waals surface area contributed by atoms with Crippen LogP contribution in [0.1, 0.15) is 28.8 Å². The van der Waals surface area contributed by atoms with Gasteiger partial charge in [0.25, 0.3) is 11.8 Å². The molecule has 1 saturated heterocycles. The van der Waals surface area contributed by atoms with Gasteiger partial charge in [0.05, 0.1) is 6.54 Å². The van der Waals surface area contributed by atoms with Crippen molar-refractivity contribution in [2.75, 3.05) is 32.1 Å². The average Bonchev–Trinajstić information content (AvgIpc) is 2.62. The molecule has 1 aliphatic heterocycles. The Bertz CT molecular complexity index is 730. The van der Waals surface area contributed by atoms with Crippen LogP contribution in [0.25, 0.3) is 0 Å². The van der Waals surface area contributed by atoms with Crippen molar-refractivity contribution in [2.24, 2.45) is 0 Å². The molecule has 2 heterocycles. The topological polar surface area (TPSA) is 58.6 Å². The third kappa shape index (κ3) is 4.07. The van der Waals surface area contributed by atoms with Gasteiger partial charge in [-0.1, -0.05) is 17.7 Å². The molecule has 0 aliphatic carbocycles. The second-order valence-electron chi connectivity index (χ2n) is 6.58. The maximum absolute atomic E-state index is 12.7. The van der Waals surface area contributed by atoms with Crippen LogP contribution >= 0.6 is 0 Å². The fourth-order valence-corrected chi connectivity index (χ4v) is 2.96. The zero-order valence-corrected chi connectivity index (χ0v) is 15.0. The molecule has 0 N–H and O–H groups in total. The molecular weight excluding hydrogens is 316 g/mol. The first-order valence-corrected chi connectivity index (χ1v) is 8.55. The summed E-state index contributed by atoms with van der Waals surface area (Å²) in [7, 11) is 3.82. The Kier molecular flexibility index (Phi) is 5.16. The summed E-state index contributed by atoms with van der Waals surface area (Å²) in [6, 6.07) is 7.70. The van der Waals surface area contributed by atoms with Gasteiger partial charge in [-0.3, -0.25) is 4.79 Å². The third-order valence-electron chi connectivity index (χ3n) is 4.31. The lowest BCUT2D eigenvalue weighted by Crippen LogP contribution is -2.44. The van der Waals surface area contributed by atoms with Crippen LogP contribution in [0, 0.1) is 6.92 Å². The molecule has 1 aromatic heterocycles.